The van der Waals surface area contributed by atoms with Crippen molar-refractivity contribution in [2.45, 2.75) is 6.92 Å². The average Bonchev–Trinajstić information content (AvgIpc) is 2.85. The minimum Gasteiger partial charge on any atom is -0.368 e. The molecule has 0 bridgehead atoms. The van der Waals surface area contributed by atoms with Crippen LogP contribution in [0, 0.1) is 6.92 Å². The second-order valence-electron chi connectivity index (χ2n) is 8.03. The van der Waals surface area contributed by atoms with E-state index in [0.717, 1.165) is 35.6 Å². The lowest BCUT2D eigenvalue weighted by molar-refractivity contribution is 0.0746. The van der Waals surface area contributed by atoms with Crippen LogP contribution < -0.4 is 15.5 Å². The zero-order chi connectivity index (χ0) is 24.1. The van der Waals surface area contributed by atoms with Gasteiger partial charge >= 0.3 is 0 Å². The Morgan fingerprint density at radius 1 is 0.853 bits per heavy atom. The van der Waals surface area contributed by atoms with E-state index in [1.54, 1.807) is 24.3 Å². The topological polar surface area (TPSA) is 64.7 Å². The largest absolute Gasteiger partial charge is 0.368 e. The molecule has 0 saturated carbocycles. The summed E-state index contributed by atoms with van der Waals surface area (Å²) in [6.07, 6.45) is 0. The Balaban J connectivity index is 1.30. The van der Waals surface area contributed by atoms with Crippen molar-refractivity contribution in [3.8, 4) is 0 Å². The molecule has 1 fully saturated rings. The van der Waals surface area contributed by atoms with E-state index in [4.69, 9.17) is 23.8 Å². The number of halogens is 1. The van der Waals surface area contributed by atoms with Gasteiger partial charge in [-0.2, -0.15) is 0 Å². The third-order valence-electron chi connectivity index (χ3n) is 5.78. The fraction of sp³-hybridized carbons (Fsp3) is 0.192. The monoisotopic (exact) mass is 492 g/mol. The van der Waals surface area contributed by atoms with Crippen LogP contribution >= 0.6 is 23.8 Å². The van der Waals surface area contributed by atoms with Crippen LogP contribution in [-0.4, -0.2) is 48.0 Å². The summed E-state index contributed by atoms with van der Waals surface area (Å²) in [6, 6.07) is 22.3. The number of nitrogens with one attached hydrogen (secondary N) is 2. The molecule has 0 spiro atoms. The van der Waals surface area contributed by atoms with E-state index in [1.807, 2.05) is 60.4 Å². The van der Waals surface area contributed by atoms with E-state index in [2.05, 4.69) is 15.5 Å². The zero-order valence-corrected chi connectivity index (χ0v) is 20.3. The molecule has 8 heteroatoms. The second kappa shape index (κ2) is 10.7. The summed E-state index contributed by atoms with van der Waals surface area (Å²) in [4.78, 5) is 29.4. The van der Waals surface area contributed by atoms with Crippen LogP contribution in [0.1, 0.15) is 26.3 Å². The lowest BCUT2D eigenvalue weighted by atomic mass is 10.1. The van der Waals surface area contributed by atoms with Crippen molar-refractivity contribution in [2.75, 3.05) is 36.4 Å². The van der Waals surface area contributed by atoms with E-state index in [0.29, 0.717) is 23.7 Å². The molecule has 0 radical (unpaired) electrons. The van der Waals surface area contributed by atoms with Crippen molar-refractivity contribution in [3.63, 3.8) is 0 Å². The van der Waals surface area contributed by atoms with E-state index in [-0.39, 0.29) is 16.9 Å². The van der Waals surface area contributed by atoms with Crippen LogP contribution in [0.3, 0.4) is 0 Å². The SMILES string of the molecule is Cc1ccccc1C(=O)N1CCN(c2ccc(NC(=S)NC(=O)c3ccccc3Cl)cc2)CC1. The number of nitrogens with zero attached hydrogens (tertiary/aromatic N) is 2. The standard InChI is InChI=1S/C26H25ClN4O2S/c1-18-6-2-3-7-21(18)25(33)31-16-14-30(15-17-31)20-12-10-19(11-13-20)28-26(34)29-24(32)22-8-4-5-9-23(22)27/h2-13H,14-17H2,1H3,(H2,28,29,32,34). The molecule has 0 aliphatic carbocycles. The van der Waals surface area contributed by atoms with E-state index in [1.165, 1.54) is 0 Å². The van der Waals surface area contributed by atoms with E-state index < -0.39 is 0 Å². The Kier molecular flexibility index (Phi) is 7.45. The normalized spacial score (nSPS) is 13.4. The van der Waals surface area contributed by atoms with E-state index in [9.17, 15) is 9.59 Å². The minimum absolute atomic E-state index is 0.0876. The highest BCUT2D eigenvalue weighted by Gasteiger charge is 2.23. The van der Waals surface area contributed by atoms with Crippen LogP contribution in [0.25, 0.3) is 0 Å². The van der Waals surface area contributed by atoms with Gasteiger partial charge in [0, 0.05) is 43.1 Å². The molecule has 6 nitrogen and oxygen atoms in total. The fourth-order valence-corrected chi connectivity index (χ4v) is 4.32. The van der Waals surface area contributed by atoms with Gasteiger partial charge in [0.25, 0.3) is 11.8 Å². The molecule has 3 aromatic rings. The van der Waals surface area contributed by atoms with Gasteiger partial charge in [-0.3, -0.25) is 14.9 Å². The summed E-state index contributed by atoms with van der Waals surface area (Å²) in [7, 11) is 0. The van der Waals surface area contributed by atoms with Gasteiger partial charge in [-0.25, -0.2) is 0 Å². The number of piperazine rings is 1. The van der Waals surface area contributed by atoms with E-state index >= 15 is 0 Å². The molecule has 1 heterocycles. The Hall–Kier alpha value is -3.42. The van der Waals surface area contributed by atoms with Crippen molar-refractivity contribution in [3.05, 3.63) is 94.5 Å². The van der Waals surface area contributed by atoms with Crippen LogP contribution in [0.15, 0.2) is 72.8 Å². The smallest absolute Gasteiger partial charge is 0.258 e. The summed E-state index contributed by atoms with van der Waals surface area (Å²) in [5, 5.41) is 6.23. The summed E-state index contributed by atoms with van der Waals surface area (Å²) >= 11 is 11.3. The Labute approximate surface area is 209 Å². The number of hydrogen-bond acceptors (Lipinski definition) is 4. The molecular weight excluding hydrogens is 468 g/mol. The van der Waals surface area contributed by atoms with Gasteiger partial charge in [0.05, 0.1) is 10.6 Å². The molecular formula is C26H25ClN4O2S. The molecule has 2 amide bonds. The minimum atomic E-state index is -0.363. The van der Waals surface area contributed by atoms with Gasteiger partial charge in [-0.05, 0) is 67.2 Å². The predicted molar refractivity (Wildman–Crippen MR) is 141 cm³/mol. The third-order valence-corrected chi connectivity index (χ3v) is 6.31. The maximum Gasteiger partial charge on any atom is 0.258 e. The predicted octanol–water partition coefficient (Wildman–Crippen LogP) is 4.74. The molecule has 0 unspecified atom stereocenters. The Morgan fingerprint density at radius 2 is 1.47 bits per heavy atom. The number of anilines is 2. The van der Waals surface area contributed by atoms with Crippen molar-refractivity contribution >= 4 is 52.1 Å². The molecule has 1 saturated heterocycles. The van der Waals surface area contributed by atoms with Gasteiger partial charge < -0.3 is 15.1 Å². The van der Waals surface area contributed by atoms with Gasteiger partial charge in [0.1, 0.15) is 0 Å². The zero-order valence-electron chi connectivity index (χ0n) is 18.8. The van der Waals surface area contributed by atoms with Gasteiger partial charge in [-0.1, -0.05) is 41.9 Å². The lowest BCUT2D eigenvalue weighted by Gasteiger charge is -2.36. The van der Waals surface area contributed by atoms with Crippen molar-refractivity contribution in [1.82, 2.24) is 10.2 Å². The Bertz CT molecular complexity index is 1210. The average molecular weight is 493 g/mol. The molecule has 1 aliphatic heterocycles. The summed E-state index contributed by atoms with van der Waals surface area (Å²) in [5.74, 6) is -0.275. The van der Waals surface area contributed by atoms with Crippen LogP contribution in [-0.2, 0) is 0 Å². The molecule has 1 aliphatic rings. The number of carbonyl (C=O) groups excluding carboxylic acids is 2. The summed E-state index contributed by atoms with van der Waals surface area (Å²) in [6.45, 7) is 4.83. The van der Waals surface area contributed by atoms with Crippen LogP contribution in [0.5, 0.6) is 0 Å². The van der Waals surface area contributed by atoms with Crippen molar-refractivity contribution in [1.29, 1.82) is 0 Å². The maximum atomic E-state index is 12.8. The van der Waals surface area contributed by atoms with Crippen LogP contribution in [0.2, 0.25) is 5.02 Å². The first-order chi connectivity index (χ1) is 16.4. The third kappa shape index (κ3) is 5.55. The number of hydrogen-bond donors (Lipinski definition) is 2. The molecule has 2 N–H and O–H groups in total. The number of thiocarbonyl (C=S) groups is 1. The highest BCUT2D eigenvalue weighted by atomic mass is 35.5. The molecule has 0 atom stereocenters. The number of benzene rings is 3. The number of aryl methyl sites for hydroxylation is 1. The van der Waals surface area contributed by atoms with Crippen molar-refractivity contribution < 1.29 is 9.59 Å². The second-order valence-corrected chi connectivity index (χ2v) is 8.84. The first-order valence-corrected chi connectivity index (χ1v) is 11.8. The quantitative estimate of drug-likeness (QED) is 0.515. The first kappa shape index (κ1) is 23.7. The summed E-state index contributed by atoms with van der Waals surface area (Å²) in [5.41, 5.74) is 3.97. The molecule has 3 aromatic carbocycles. The number of amides is 2. The highest BCUT2D eigenvalue weighted by molar-refractivity contribution is 7.80. The highest BCUT2D eigenvalue weighted by Crippen LogP contribution is 2.21. The first-order valence-electron chi connectivity index (χ1n) is 11.0. The summed E-state index contributed by atoms with van der Waals surface area (Å²) < 4.78 is 0. The Morgan fingerprint density at radius 3 is 2.12 bits per heavy atom. The number of rotatable bonds is 4. The lowest BCUT2D eigenvalue weighted by Crippen LogP contribution is -2.48. The maximum absolute atomic E-state index is 12.8. The van der Waals surface area contributed by atoms with Gasteiger partial charge in [0.15, 0.2) is 5.11 Å². The van der Waals surface area contributed by atoms with Gasteiger partial charge in [-0.15, -0.1) is 0 Å². The van der Waals surface area contributed by atoms with Crippen LogP contribution in [0.4, 0.5) is 11.4 Å². The molecule has 0 aromatic heterocycles. The fourth-order valence-electron chi connectivity index (χ4n) is 3.88. The molecule has 174 valence electrons. The number of carbonyl (C=O) groups is 2. The van der Waals surface area contributed by atoms with Crippen molar-refractivity contribution in [2.24, 2.45) is 0 Å². The molecule has 34 heavy (non-hydrogen) atoms. The molecule has 4 rings (SSSR count). The van der Waals surface area contributed by atoms with Gasteiger partial charge in [0.2, 0.25) is 0 Å².